The average molecular weight is 348 g/mol. The number of nitrogens with one attached hydrogen (secondary N) is 1. The molecule has 1 N–H and O–H groups in total. The van der Waals surface area contributed by atoms with Crippen LogP contribution in [0.5, 0.6) is 0 Å². The van der Waals surface area contributed by atoms with Gasteiger partial charge in [-0.2, -0.15) is 8.42 Å². The average Bonchev–Trinajstić information content (AvgIpc) is 2.96. The molecular weight excluding hydrogens is 332 g/mol. The highest BCUT2D eigenvalue weighted by molar-refractivity contribution is 7.85. The molecule has 0 aromatic carbocycles. The van der Waals surface area contributed by atoms with Crippen molar-refractivity contribution in [2.24, 2.45) is 0 Å². The number of aromatic amines is 1. The van der Waals surface area contributed by atoms with Gasteiger partial charge in [-0.1, -0.05) is 0 Å². The quantitative estimate of drug-likeness (QED) is 0.617. The molecule has 1 aromatic heterocycles. The zero-order valence-electron chi connectivity index (χ0n) is 12.4. The van der Waals surface area contributed by atoms with E-state index in [-0.39, 0.29) is 13.2 Å². The van der Waals surface area contributed by atoms with Gasteiger partial charge in [-0.05, 0) is 0 Å². The smallest absolute Gasteiger partial charge is 0.330 e. The van der Waals surface area contributed by atoms with E-state index in [1.807, 2.05) is 0 Å². The summed E-state index contributed by atoms with van der Waals surface area (Å²) < 4.78 is 45.3. The SMILES string of the molecule is CO[C@@H]1C2OC[C@@]1(COS(C)(=O)=O)O[C@H]2n1ccc(=O)[nH]c1=O. The molecule has 0 amide bonds. The fourth-order valence-electron chi connectivity index (χ4n) is 2.90. The number of ether oxygens (including phenoxy) is 3. The van der Waals surface area contributed by atoms with Crippen LogP contribution in [0.4, 0.5) is 0 Å². The fraction of sp³-hybridized carbons (Fsp3) is 0.667. The third-order valence-electron chi connectivity index (χ3n) is 3.87. The van der Waals surface area contributed by atoms with E-state index in [2.05, 4.69) is 4.98 Å². The lowest BCUT2D eigenvalue weighted by Gasteiger charge is -2.30. The van der Waals surface area contributed by atoms with E-state index in [1.54, 1.807) is 0 Å². The number of methoxy groups -OCH3 is 1. The predicted octanol–water partition coefficient (Wildman–Crippen LogP) is -1.81. The number of H-pyrrole nitrogens is 1. The van der Waals surface area contributed by atoms with Gasteiger partial charge in [0.25, 0.3) is 15.7 Å². The van der Waals surface area contributed by atoms with E-state index >= 15 is 0 Å². The third kappa shape index (κ3) is 2.85. The van der Waals surface area contributed by atoms with Crippen molar-refractivity contribution < 1.29 is 26.8 Å². The molecule has 2 saturated heterocycles. The van der Waals surface area contributed by atoms with Crippen LogP contribution < -0.4 is 11.2 Å². The molecule has 0 spiro atoms. The molecule has 0 saturated carbocycles. The maximum absolute atomic E-state index is 11.9. The van der Waals surface area contributed by atoms with Gasteiger partial charge in [0.2, 0.25) is 0 Å². The number of fused-ring (bicyclic) bond motifs is 2. The molecule has 0 radical (unpaired) electrons. The summed E-state index contributed by atoms with van der Waals surface area (Å²) in [5.74, 6) is 0. The molecule has 0 aliphatic carbocycles. The van der Waals surface area contributed by atoms with Gasteiger partial charge in [0.05, 0.1) is 12.9 Å². The summed E-state index contributed by atoms with van der Waals surface area (Å²) in [5.41, 5.74) is -2.34. The summed E-state index contributed by atoms with van der Waals surface area (Å²) in [7, 11) is -2.24. The standard InChI is InChI=1S/C12H16N2O8S/c1-19-9-8-10(14-4-3-7(15)13-11(14)16)22-12(9,5-20-8)6-21-23(2,17)18/h3-4,8-10H,5-6H2,1-2H3,(H,13,15,16)/t8?,9-,10-,12+/m1/s1. The fourth-order valence-corrected chi connectivity index (χ4v) is 3.32. The summed E-state index contributed by atoms with van der Waals surface area (Å²) in [6, 6.07) is 1.18. The number of hydrogen-bond acceptors (Lipinski definition) is 8. The minimum absolute atomic E-state index is 0.0697. The van der Waals surface area contributed by atoms with Crippen molar-refractivity contribution >= 4 is 10.1 Å². The van der Waals surface area contributed by atoms with Crippen LogP contribution in [0.3, 0.4) is 0 Å². The van der Waals surface area contributed by atoms with Gasteiger partial charge in [0.1, 0.15) is 24.4 Å². The van der Waals surface area contributed by atoms with Gasteiger partial charge in [-0.25, -0.2) is 4.79 Å². The highest BCUT2D eigenvalue weighted by Crippen LogP contribution is 2.46. The van der Waals surface area contributed by atoms with Crippen molar-refractivity contribution in [2.75, 3.05) is 26.6 Å². The van der Waals surface area contributed by atoms with E-state index in [0.29, 0.717) is 0 Å². The Hall–Kier alpha value is -1.53. The van der Waals surface area contributed by atoms with E-state index in [9.17, 15) is 18.0 Å². The Morgan fingerprint density at radius 3 is 2.83 bits per heavy atom. The van der Waals surface area contributed by atoms with Crippen LogP contribution >= 0.6 is 0 Å². The molecule has 1 unspecified atom stereocenters. The molecule has 3 heterocycles. The Morgan fingerprint density at radius 1 is 1.48 bits per heavy atom. The first-order valence-electron chi connectivity index (χ1n) is 6.74. The van der Waals surface area contributed by atoms with Crippen LogP contribution in [0.1, 0.15) is 6.23 Å². The van der Waals surface area contributed by atoms with Crippen LogP contribution in [0.15, 0.2) is 21.9 Å². The number of hydrogen-bond donors (Lipinski definition) is 1. The monoisotopic (exact) mass is 348 g/mol. The maximum atomic E-state index is 11.9. The number of nitrogens with zero attached hydrogens (tertiary/aromatic N) is 1. The van der Waals surface area contributed by atoms with Crippen LogP contribution in [-0.4, -0.2) is 62.4 Å². The van der Waals surface area contributed by atoms with Crippen LogP contribution in [0.25, 0.3) is 0 Å². The van der Waals surface area contributed by atoms with Crippen LogP contribution in [0.2, 0.25) is 0 Å². The Bertz CT molecular complexity index is 815. The molecule has 11 heteroatoms. The molecule has 1 aromatic rings. The van der Waals surface area contributed by atoms with Crippen molar-refractivity contribution in [1.29, 1.82) is 0 Å². The van der Waals surface area contributed by atoms with E-state index in [0.717, 1.165) is 6.26 Å². The van der Waals surface area contributed by atoms with Gasteiger partial charge in [0.15, 0.2) is 6.23 Å². The molecule has 2 aliphatic heterocycles. The van der Waals surface area contributed by atoms with Crippen molar-refractivity contribution in [2.45, 2.75) is 24.0 Å². The zero-order chi connectivity index (χ0) is 16.8. The van der Waals surface area contributed by atoms with E-state index < -0.39 is 45.4 Å². The van der Waals surface area contributed by atoms with Crippen LogP contribution in [-0.2, 0) is 28.5 Å². The molecule has 3 rings (SSSR count). The minimum Gasteiger partial charge on any atom is -0.375 e. The summed E-state index contributed by atoms with van der Waals surface area (Å²) >= 11 is 0. The van der Waals surface area contributed by atoms with Gasteiger partial charge < -0.3 is 14.2 Å². The first-order chi connectivity index (χ1) is 10.8. The Morgan fingerprint density at radius 2 is 2.22 bits per heavy atom. The van der Waals surface area contributed by atoms with E-state index in [1.165, 1.54) is 23.9 Å². The normalized spacial score (nSPS) is 33.2. The van der Waals surface area contributed by atoms with Crippen molar-refractivity contribution in [3.05, 3.63) is 33.1 Å². The molecule has 2 fully saturated rings. The first-order valence-corrected chi connectivity index (χ1v) is 8.55. The molecule has 10 nitrogen and oxygen atoms in total. The van der Waals surface area contributed by atoms with Gasteiger partial charge in [-0.15, -0.1) is 0 Å². The molecule has 23 heavy (non-hydrogen) atoms. The predicted molar refractivity (Wildman–Crippen MR) is 75.5 cm³/mol. The lowest BCUT2D eigenvalue weighted by atomic mass is 10.0. The summed E-state index contributed by atoms with van der Waals surface area (Å²) in [6.45, 7) is -0.226. The zero-order valence-corrected chi connectivity index (χ0v) is 13.2. The highest BCUT2D eigenvalue weighted by atomic mass is 32.2. The molecular formula is C12H16N2O8S. The van der Waals surface area contributed by atoms with Crippen molar-refractivity contribution in [3.63, 3.8) is 0 Å². The summed E-state index contributed by atoms with van der Waals surface area (Å²) in [5, 5.41) is 0. The molecule has 128 valence electrons. The molecule has 4 atom stereocenters. The highest BCUT2D eigenvalue weighted by Gasteiger charge is 2.63. The second-order valence-electron chi connectivity index (χ2n) is 5.49. The van der Waals surface area contributed by atoms with Crippen molar-refractivity contribution in [3.8, 4) is 0 Å². The summed E-state index contributed by atoms with van der Waals surface area (Å²) in [4.78, 5) is 25.2. The van der Waals surface area contributed by atoms with Gasteiger partial charge in [-0.3, -0.25) is 18.5 Å². The Labute approximate surface area is 131 Å². The Balaban J connectivity index is 1.92. The van der Waals surface area contributed by atoms with Gasteiger partial charge >= 0.3 is 5.69 Å². The van der Waals surface area contributed by atoms with Crippen molar-refractivity contribution in [1.82, 2.24) is 9.55 Å². The Kier molecular flexibility index (Phi) is 3.92. The maximum Gasteiger partial charge on any atom is 0.330 e. The van der Waals surface area contributed by atoms with E-state index in [4.69, 9.17) is 18.4 Å². The minimum atomic E-state index is -3.68. The van der Waals surface area contributed by atoms with Crippen LogP contribution in [0, 0.1) is 0 Å². The number of rotatable bonds is 5. The lowest BCUT2D eigenvalue weighted by Crippen LogP contribution is -2.46. The summed E-state index contributed by atoms with van der Waals surface area (Å²) in [6.07, 6.45) is 0.103. The number of aromatic nitrogens is 2. The first kappa shape index (κ1) is 16.3. The van der Waals surface area contributed by atoms with Gasteiger partial charge in [0, 0.05) is 19.4 Å². The molecule has 2 bridgehead atoms. The largest absolute Gasteiger partial charge is 0.375 e. The third-order valence-corrected chi connectivity index (χ3v) is 4.42. The second kappa shape index (κ2) is 5.53. The topological polar surface area (TPSA) is 126 Å². The lowest BCUT2D eigenvalue weighted by molar-refractivity contribution is -0.184. The molecule has 2 aliphatic rings. The second-order valence-corrected chi connectivity index (χ2v) is 7.13.